The fourth-order valence-corrected chi connectivity index (χ4v) is 4.03. The minimum absolute atomic E-state index is 0.0991. The summed E-state index contributed by atoms with van der Waals surface area (Å²) in [6, 6.07) is 13.8. The number of nitrogens with zero attached hydrogens (tertiary/aromatic N) is 1. The van der Waals surface area contributed by atoms with Crippen molar-refractivity contribution in [1.82, 2.24) is 4.90 Å². The Morgan fingerprint density at radius 2 is 1.90 bits per heavy atom. The van der Waals surface area contributed by atoms with Gasteiger partial charge < -0.3 is 19.3 Å². The molecule has 1 aliphatic heterocycles. The summed E-state index contributed by atoms with van der Waals surface area (Å²) in [7, 11) is 3.33. The van der Waals surface area contributed by atoms with E-state index in [1.54, 1.807) is 14.2 Å². The number of aliphatic hydroxyl groups is 1. The summed E-state index contributed by atoms with van der Waals surface area (Å²) in [5.74, 6) is 1.60. The van der Waals surface area contributed by atoms with Crippen molar-refractivity contribution in [2.45, 2.75) is 38.0 Å². The maximum Gasteiger partial charge on any atom is 0.127 e. The maximum absolute atomic E-state index is 10.6. The lowest BCUT2D eigenvalue weighted by Crippen LogP contribution is -2.35. The Morgan fingerprint density at radius 3 is 2.59 bits per heavy atom. The Hall–Kier alpha value is -1.79. The highest BCUT2D eigenvalue weighted by atomic mass is 35.5. The fourth-order valence-electron chi connectivity index (χ4n) is 3.90. The lowest BCUT2D eigenvalue weighted by molar-refractivity contribution is -0.0173. The van der Waals surface area contributed by atoms with Crippen LogP contribution in [-0.2, 0) is 4.74 Å². The molecule has 0 amide bonds. The van der Waals surface area contributed by atoms with Crippen molar-refractivity contribution >= 4 is 11.6 Å². The quantitative estimate of drug-likeness (QED) is 0.642. The molecule has 0 spiro atoms. The standard InChI is InChI=1S/C23H30ClNO4/c1-16(17-6-8-18(24)9-7-17)29-15-19(26)14-25-12-4-5-22(25)21-11-10-20(27-2)13-23(21)28-3/h6-11,13,16,19,22,26H,4-5,12,14-15H2,1-3H3. The van der Waals surface area contributed by atoms with Crippen LogP contribution in [-0.4, -0.2) is 50.0 Å². The number of hydrogen-bond donors (Lipinski definition) is 1. The van der Waals surface area contributed by atoms with Crippen molar-refractivity contribution < 1.29 is 19.3 Å². The van der Waals surface area contributed by atoms with Crippen LogP contribution < -0.4 is 9.47 Å². The lowest BCUT2D eigenvalue weighted by atomic mass is 10.0. The molecule has 0 aromatic heterocycles. The number of halogens is 1. The van der Waals surface area contributed by atoms with E-state index in [0.29, 0.717) is 11.6 Å². The highest BCUT2D eigenvalue weighted by Gasteiger charge is 2.30. The second-order valence-corrected chi connectivity index (χ2v) is 7.88. The number of benzene rings is 2. The Labute approximate surface area is 178 Å². The zero-order valence-corrected chi connectivity index (χ0v) is 18.1. The average molecular weight is 420 g/mol. The molecular weight excluding hydrogens is 390 g/mol. The average Bonchev–Trinajstić information content (AvgIpc) is 3.19. The van der Waals surface area contributed by atoms with Gasteiger partial charge >= 0.3 is 0 Å². The first kappa shape index (κ1) is 21.9. The van der Waals surface area contributed by atoms with Gasteiger partial charge in [-0.3, -0.25) is 4.90 Å². The van der Waals surface area contributed by atoms with Crippen LogP contribution in [0.3, 0.4) is 0 Å². The molecule has 158 valence electrons. The predicted molar refractivity (Wildman–Crippen MR) is 115 cm³/mol. The van der Waals surface area contributed by atoms with Gasteiger partial charge in [-0.2, -0.15) is 0 Å². The topological polar surface area (TPSA) is 51.2 Å². The van der Waals surface area contributed by atoms with Gasteiger partial charge in [-0.05, 0) is 50.1 Å². The molecule has 29 heavy (non-hydrogen) atoms. The van der Waals surface area contributed by atoms with E-state index in [1.807, 2.05) is 43.3 Å². The fraction of sp³-hybridized carbons (Fsp3) is 0.478. The highest BCUT2D eigenvalue weighted by Crippen LogP contribution is 2.38. The number of β-amino-alcohol motifs (C(OH)–C–C–N with tert-alkyl or cyclic N) is 1. The summed E-state index contributed by atoms with van der Waals surface area (Å²) >= 11 is 5.94. The van der Waals surface area contributed by atoms with Gasteiger partial charge in [0.2, 0.25) is 0 Å². The number of ether oxygens (including phenoxy) is 3. The second-order valence-electron chi connectivity index (χ2n) is 7.44. The number of likely N-dealkylation sites (tertiary alicyclic amines) is 1. The van der Waals surface area contributed by atoms with Gasteiger partial charge in [0.05, 0.1) is 33.0 Å². The zero-order chi connectivity index (χ0) is 20.8. The van der Waals surface area contributed by atoms with Crippen LogP contribution >= 0.6 is 11.6 Å². The molecule has 2 aromatic rings. The second kappa shape index (κ2) is 10.3. The van der Waals surface area contributed by atoms with Crippen molar-refractivity contribution in [2.75, 3.05) is 33.9 Å². The maximum atomic E-state index is 10.6. The van der Waals surface area contributed by atoms with Crippen molar-refractivity contribution in [3.8, 4) is 11.5 Å². The smallest absolute Gasteiger partial charge is 0.127 e. The Bertz CT molecular complexity index is 783. The summed E-state index contributed by atoms with van der Waals surface area (Å²) in [6.45, 7) is 3.78. The van der Waals surface area contributed by atoms with Crippen molar-refractivity contribution in [2.24, 2.45) is 0 Å². The Kier molecular flexibility index (Phi) is 7.78. The Morgan fingerprint density at radius 1 is 1.14 bits per heavy atom. The van der Waals surface area contributed by atoms with Crippen LogP contribution in [0.5, 0.6) is 11.5 Å². The summed E-state index contributed by atoms with van der Waals surface area (Å²) in [6.07, 6.45) is 1.47. The molecule has 0 bridgehead atoms. The van der Waals surface area contributed by atoms with E-state index in [2.05, 4.69) is 11.0 Å². The molecule has 3 unspecified atom stereocenters. The molecule has 1 saturated heterocycles. The van der Waals surface area contributed by atoms with Crippen LogP contribution in [0.25, 0.3) is 0 Å². The third-order valence-corrected chi connectivity index (χ3v) is 5.74. The summed E-state index contributed by atoms with van der Waals surface area (Å²) in [5.41, 5.74) is 2.18. The molecule has 0 saturated carbocycles. The first-order chi connectivity index (χ1) is 14.0. The molecule has 0 radical (unpaired) electrons. The first-order valence-electron chi connectivity index (χ1n) is 10.0. The van der Waals surface area contributed by atoms with E-state index in [9.17, 15) is 5.11 Å². The van der Waals surface area contributed by atoms with E-state index in [1.165, 1.54) is 0 Å². The molecule has 3 rings (SSSR count). The molecule has 1 N–H and O–H groups in total. The van der Waals surface area contributed by atoms with Gasteiger partial charge in [-0.1, -0.05) is 29.8 Å². The SMILES string of the molecule is COc1ccc(C2CCCN2CC(O)COC(C)c2ccc(Cl)cc2)c(OC)c1. The van der Waals surface area contributed by atoms with Crippen molar-refractivity contribution in [3.63, 3.8) is 0 Å². The minimum Gasteiger partial charge on any atom is -0.497 e. The van der Waals surface area contributed by atoms with Crippen LogP contribution in [0.2, 0.25) is 5.02 Å². The summed E-state index contributed by atoms with van der Waals surface area (Å²) in [4.78, 5) is 2.31. The number of rotatable bonds is 9. The predicted octanol–water partition coefficient (Wildman–Crippen LogP) is 4.63. The monoisotopic (exact) mass is 419 g/mol. The van der Waals surface area contributed by atoms with Crippen LogP contribution in [0.1, 0.15) is 43.0 Å². The van der Waals surface area contributed by atoms with Gasteiger partial charge in [0.25, 0.3) is 0 Å². The van der Waals surface area contributed by atoms with Gasteiger partial charge in [0.1, 0.15) is 11.5 Å². The lowest BCUT2D eigenvalue weighted by Gasteiger charge is -2.28. The minimum atomic E-state index is -0.561. The molecule has 1 heterocycles. The highest BCUT2D eigenvalue weighted by molar-refractivity contribution is 6.30. The van der Waals surface area contributed by atoms with Gasteiger partial charge in [0.15, 0.2) is 0 Å². The molecule has 0 aliphatic carbocycles. The molecule has 1 fully saturated rings. The molecule has 1 aliphatic rings. The van der Waals surface area contributed by atoms with E-state index in [4.69, 9.17) is 25.8 Å². The van der Waals surface area contributed by atoms with E-state index in [0.717, 1.165) is 42.0 Å². The van der Waals surface area contributed by atoms with Gasteiger partial charge in [-0.25, -0.2) is 0 Å². The third-order valence-electron chi connectivity index (χ3n) is 5.49. The number of methoxy groups -OCH3 is 2. The summed E-state index contributed by atoms with van der Waals surface area (Å²) in [5, 5.41) is 11.3. The molecule has 3 atom stereocenters. The first-order valence-corrected chi connectivity index (χ1v) is 10.4. The molecule has 6 heteroatoms. The molecule has 5 nitrogen and oxygen atoms in total. The molecule has 2 aromatic carbocycles. The van der Waals surface area contributed by atoms with Gasteiger partial charge in [0, 0.05) is 29.2 Å². The normalized spacial score (nSPS) is 19.1. The van der Waals surface area contributed by atoms with E-state index >= 15 is 0 Å². The Balaban J connectivity index is 1.58. The van der Waals surface area contributed by atoms with Crippen LogP contribution in [0.15, 0.2) is 42.5 Å². The third kappa shape index (κ3) is 5.64. The number of hydrogen-bond acceptors (Lipinski definition) is 5. The van der Waals surface area contributed by atoms with E-state index in [-0.39, 0.29) is 18.8 Å². The van der Waals surface area contributed by atoms with Crippen molar-refractivity contribution in [3.05, 3.63) is 58.6 Å². The van der Waals surface area contributed by atoms with Gasteiger partial charge in [-0.15, -0.1) is 0 Å². The zero-order valence-electron chi connectivity index (χ0n) is 17.3. The summed E-state index contributed by atoms with van der Waals surface area (Å²) < 4.78 is 16.8. The van der Waals surface area contributed by atoms with Crippen LogP contribution in [0, 0.1) is 0 Å². The van der Waals surface area contributed by atoms with Crippen LogP contribution in [0.4, 0.5) is 0 Å². The van der Waals surface area contributed by atoms with E-state index < -0.39 is 6.10 Å². The number of aliphatic hydroxyl groups excluding tert-OH is 1. The van der Waals surface area contributed by atoms with Crippen molar-refractivity contribution in [1.29, 1.82) is 0 Å². The largest absolute Gasteiger partial charge is 0.497 e. The molecular formula is C23H30ClNO4.